The zero-order valence-electron chi connectivity index (χ0n) is 19.6. The van der Waals surface area contributed by atoms with Gasteiger partial charge in [-0.15, -0.1) is 0 Å². The van der Waals surface area contributed by atoms with Gasteiger partial charge in [-0.3, -0.25) is 9.78 Å². The molecule has 4 aromatic rings. The fourth-order valence-corrected chi connectivity index (χ4v) is 3.83. The van der Waals surface area contributed by atoms with Gasteiger partial charge in [0.15, 0.2) is 16.6 Å². The Morgan fingerprint density at radius 2 is 1.69 bits per heavy atom. The number of rotatable bonds is 7. The second-order valence-electron chi connectivity index (χ2n) is 7.78. The molecule has 1 aromatic heterocycles. The molecular formula is C27H25N3O4S. The number of pyridine rings is 1. The Hall–Kier alpha value is -4.17. The highest BCUT2D eigenvalue weighted by molar-refractivity contribution is 7.80. The number of ether oxygens (including phenoxy) is 3. The van der Waals surface area contributed by atoms with E-state index in [2.05, 4.69) is 15.6 Å². The van der Waals surface area contributed by atoms with E-state index in [1.54, 1.807) is 26.5 Å². The predicted molar refractivity (Wildman–Crippen MR) is 141 cm³/mol. The molecule has 0 fully saturated rings. The molecule has 0 atom stereocenters. The van der Waals surface area contributed by atoms with Gasteiger partial charge in [0, 0.05) is 23.3 Å². The second-order valence-corrected chi connectivity index (χ2v) is 8.19. The average Bonchev–Trinajstić information content (AvgIpc) is 2.85. The zero-order chi connectivity index (χ0) is 24.8. The van der Waals surface area contributed by atoms with Crippen LogP contribution in [0.15, 0.2) is 72.9 Å². The number of nitrogens with one attached hydrogen (secondary N) is 2. The topological polar surface area (TPSA) is 81.7 Å². The lowest BCUT2D eigenvalue weighted by molar-refractivity contribution is -0.119. The molecule has 1 amide bonds. The number of fused-ring (bicyclic) bond motifs is 1. The Balaban J connectivity index is 1.45. The minimum atomic E-state index is -0.178. The first-order valence-electron chi connectivity index (χ1n) is 10.9. The zero-order valence-corrected chi connectivity index (χ0v) is 20.4. The Labute approximate surface area is 209 Å². The second kappa shape index (κ2) is 10.8. The van der Waals surface area contributed by atoms with Crippen LogP contribution < -0.4 is 24.8 Å². The van der Waals surface area contributed by atoms with Crippen LogP contribution in [0.25, 0.3) is 10.9 Å². The van der Waals surface area contributed by atoms with Crippen LogP contribution in [0.3, 0.4) is 0 Å². The predicted octanol–water partition coefficient (Wildman–Crippen LogP) is 5.41. The van der Waals surface area contributed by atoms with Crippen molar-refractivity contribution in [3.63, 3.8) is 0 Å². The van der Waals surface area contributed by atoms with Crippen molar-refractivity contribution in [1.82, 2.24) is 10.3 Å². The van der Waals surface area contributed by atoms with Crippen molar-refractivity contribution >= 4 is 39.8 Å². The minimum Gasteiger partial charge on any atom is -0.493 e. The maximum absolute atomic E-state index is 12.3. The molecule has 1 heterocycles. The summed E-state index contributed by atoms with van der Waals surface area (Å²) in [4.78, 5) is 16.7. The Morgan fingerprint density at radius 1 is 0.943 bits per heavy atom. The molecule has 3 aromatic carbocycles. The van der Waals surface area contributed by atoms with Gasteiger partial charge in [-0.1, -0.05) is 30.3 Å². The van der Waals surface area contributed by atoms with Gasteiger partial charge in [-0.25, -0.2) is 0 Å². The number of methoxy groups -OCH3 is 2. The summed E-state index contributed by atoms with van der Waals surface area (Å²) in [6, 6.07) is 20.5. The summed E-state index contributed by atoms with van der Waals surface area (Å²) < 4.78 is 17.0. The van der Waals surface area contributed by atoms with E-state index in [4.69, 9.17) is 26.4 Å². The third kappa shape index (κ3) is 5.85. The van der Waals surface area contributed by atoms with Gasteiger partial charge in [0.2, 0.25) is 5.91 Å². The van der Waals surface area contributed by atoms with Crippen LogP contribution in [0.1, 0.15) is 11.1 Å². The van der Waals surface area contributed by atoms with E-state index >= 15 is 0 Å². The van der Waals surface area contributed by atoms with E-state index in [0.29, 0.717) is 23.0 Å². The van der Waals surface area contributed by atoms with Crippen LogP contribution in [-0.2, 0) is 11.2 Å². The summed E-state index contributed by atoms with van der Waals surface area (Å²) in [5.41, 5.74) is 3.32. The number of aromatic nitrogens is 1. The van der Waals surface area contributed by atoms with Crippen LogP contribution in [-0.4, -0.2) is 30.2 Å². The Bertz CT molecular complexity index is 1380. The molecule has 0 unspecified atom stereocenters. The van der Waals surface area contributed by atoms with Crippen molar-refractivity contribution in [3.05, 3.63) is 84.1 Å². The fraction of sp³-hybridized carbons (Fsp3) is 0.148. The standard InChI is InChI=1S/C27H25N3O4S/c1-17-13-19(34-23-11-12-28-22-16-25(33-3)24(32-2)15-20(22)23)9-10-21(17)29-27(35)30-26(31)14-18-7-5-4-6-8-18/h4-13,15-16H,14H2,1-3H3,(H2,29,30,31,35). The molecule has 0 bridgehead atoms. The van der Waals surface area contributed by atoms with Crippen molar-refractivity contribution in [3.8, 4) is 23.0 Å². The van der Waals surface area contributed by atoms with Gasteiger partial charge >= 0.3 is 0 Å². The van der Waals surface area contributed by atoms with Crippen LogP contribution in [0, 0.1) is 6.92 Å². The molecule has 7 nitrogen and oxygen atoms in total. The molecule has 0 aliphatic rings. The molecule has 178 valence electrons. The van der Waals surface area contributed by atoms with Gasteiger partial charge < -0.3 is 24.8 Å². The van der Waals surface area contributed by atoms with Crippen LogP contribution in [0.2, 0.25) is 0 Å². The molecule has 0 radical (unpaired) electrons. The van der Waals surface area contributed by atoms with Crippen molar-refractivity contribution in [1.29, 1.82) is 0 Å². The number of nitrogens with zero attached hydrogens (tertiary/aromatic N) is 1. The van der Waals surface area contributed by atoms with Gasteiger partial charge in [0.1, 0.15) is 11.5 Å². The van der Waals surface area contributed by atoms with Crippen molar-refractivity contribution in [2.75, 3.05) is 19.5 Å². The van der Waals surface area contributed by atoms with E-state index in [9.17, 15) is 4.79 Å². The largest absolute Gasteiger partial charge is 0.493 e. The van der Waals surface area contributed by atoms with E-state index in [0.717, 1.165) is 27.7 Å². The highest BCUT2D eigenvalue weighted by Crippen LogP contribution is 2.37. The maximum atomic E-state index is 12.3. The minimum absolute atomic E-state index is 0.178. The lowest BCUT2D eigenvalue weighted by atomic mass is 10.1. The molecular weight excluding hydrogens is 462 g/mol. The van der Waals surface area contributed by atoms with Gasteiger partial charge in [0.05, 0.1) is 26.2 Å². The first kappa shape index (κ1) is 24.0. The first-order chi connectivity index (χ1) is 17.0. The molecule has 0 saturated heterocycles. The highest BCUT2D eigenvalue weighted by atomic mass is 32.1. The lowest BCUT2D eigenvalue weighted by Gasteiger charge is -2.15. The van der Waals surface area contributed by atoms with Crippen LogP contribution in [0.4, 0.5) is 5.69 Å². The normalized spacial score (nSPS) is 10.5. The summed E-state index contributed by atoms with van der Waals surface area (Å²) in [6.45, 7) is 1.93. The molecule has 2 N–H and O–H groups in total. The lowest BCUT2D eigenvalue weighted by Crippen LogP contribution is -2.35. The fourth-order valence-electron chi connectivity index (χ4n) is 3.61. The van der Waals surface area contributed by atoms with Crippen molar-refractivity contribution < 1.29 is 19.0 Å². The van der Waals surface area contributed by atoms with E-state index in [1.165, 1.54) is 0 Å². The number of carbonyl (C=O) groups excluding carboxylic acids is 1. The van der Waals surface area contributed by atoms with E-state index in [1.807, 2.05) is 67.6 Å². The third-order valence-corrected chi connectivity index (χ3v) is 5.55. The quantitative estimate of drug-likeness (QED) is 0.337. The number of anilines is 1. The molecule has 0 saturated carbocycles. The Kier molecular flexibility index (Phi) is 7.42. The van der Waals surface area contributed by atoms with Crippen molar-refractivity contribution in [2.24, 2.45) is 0 Å². The van der Waals surface area contributed by atoms with E-state index < -0.39 is 0 Å². The van der Waals surface area contributed by atoms with Gasteiger partial charge in [-0.05, 0) is 60.6 Å². The SMILES string of the molecule is COc1cc2nccc(Oc3ccc(NC(=S)NC(=O)Cc4ccccc4)c(C)c3)c2cc1OC. The number of benzene rings is 3. The average molecular weight is 488 g/mol. The smallest absolute Gasteiger partial charge is 0.230 e. The Morgan fingerprint density at radius 3 is 2.40 bits per heavy atom. The van der Waals surface area contributed by atoms with Crippen molar-refractivity contribution in [2.45, 2.75) is 13.3 Å². The third-order valence-electron chi connectivity index (χ3n) is 5.34. The number of amides is 1. The number of carbonyl (C=O) groups is 1. The summed E-state index contributed by atoms with van der Waals surface area (Å²) in [5, 5.41) is 6.84. The molecule has 35 heavy (non-hydrogen) atoms. The van der Waals surface area contributed by atoms with Crippen LogP contribution in [0.5, 0.6) is 23.0 Å². The molecule has 0 spiro atoms. The summed E-state index contributed by atoms with van der Waals surface area (Å²) in [7, 11) is 3.17. The van der Waals surface area contributed by atoms with Gasteiger partial charge in [0.25, 0.3) is 0 Å². The molecule has 0 aliphatic heterocycles. The van der Waals surface area contributed by atoms with E-state index in [-0.39, 0.29) is 17.4 Å². The summed E-state index contributed by atoms with van der Waals surface area (Å²) in [6.07, 6.45) is 1.94. The monoisotopic (exact) mass is 487 g/mol. The van der Waals surface area contributed by atoms with Crippen LogP contribution >= 0.6 is 12.2 Å². The highest BCUT2D eigenvalue weighted by Gasteiger charge is 2.12. The summed E-state index contributed by atoms with van der Waals surface area (Å²) in [5.74, 6) is 2.30. The maximum Gasteiger partial charge on any atom is 0.230 e. The number of thiocarbonyl (C=S) groups is 1. The summed E-state index contributed by atoms with van der Waals surface area (Å²) >= 11 is 5.32. The first-order valence-corrected chi connectivity index (χ1v) is 11.3. The molecule has 0 aliphatic carbocycles. The molecule has 8 heteroatoms. The number of hydrogen-bond acceptors (Lipinski definition) is 6. The number of hydrogen-bond donors (Lipinski definition) is 2. The number of aryl methyl sites for hydroxylation is 1. The molecule has 4 rings (SSSR count). The van der Waals surface area contributed by atoms with Gasteiger partial charge in [-0.2, -0.15) is 0 Å².